The quantitative estimate of drug-likeness (QED) is 0.533. The monoisotopic (exact) mass is 289 g/mol. The molecule has 1 aliphatic heterocycles. The predicted octanol–water partition coefficient (Wildman–Crippen LogP) is -1.76. The third-order valence-electron chi connectivity index (χ3n) is 2.90. The molecule has 114 valence electrons. The van der Waals surface area contributed by atoms with Gasteiger partial charge in [0, 0.05) is 27.3 Å². The van der Waals surface area contributed by atoms with E-state index < -0.39 is 23.9 Å². The molecule has 0 aromatic heterocycles. The smallest absolute Gasteiger partial charge is 0.328 e. The maximum Gasteiger partial charge on any atom is 0.328 e. The Morgan fingerprint density at radius 2 is 2.25 bits per heavy atom. The maximum atomic E-state index is 12.0. The molecule has 0 spiro atoms. The van der Waals surface area contributed by atoms with Gasteiger partial charge in [-0.15, -0.1) is 0 Å². The summed E-state index contributed by atoms with van der Waals surface area (Å²) in [5.41, 5.74) is 0. The number of nitrogens with one attached hydrogen (secondary N) is 2. The minimum Gasteiger partial charge on any atom is -0.480 e. The normalized spacial score (nSPS) is 20.2. The van der Waals surface area contributed by atoms with E-state index in [1.807, 2.05) is 0 Å². The van der Waals surface area contributed by atoms with Crippen molar-refractivity contribution in [3.8, 4) is 0 Å². The molecule has 0 aromatic carbocycles. The largest absolute Gasteiger partial charge is 0.480 e. The summed E-state index contributed by atoms with van der Waals surface area (Å²) in [7, 11) is 2.98. The number of hydrogen-bond donors (Lipinski definition) is 3. The molecule has 1 heterocycles. The highest BCUT2D eigenvalue weighted by molar-refractivity contribution is 5.90. The molecule has 9 nitrogen and oxygen atoms in total. The zero-order valence-electron chi connectivity index (χ0n) is 11.4. The Morgan fingerprint density at radius 3 is 2.80 bits per heavy atom. The summed E-state index contributed by atoms with van der Waals surface area (Å²) < 4.78 is 9.97. The maximum absolute atomic E-state index is 12.0. The van der Waals surface area contributed by atoms with Gasteiger partial charge in [0.25, 0.3) is 0 Å². The zero-order valence-corrected chi connectivity index (χ0v) is 11.4. The van der Waals surface area contributed by atoms with Crippen LogP contribution in [0.3, 0.4) is 0 Å². The summed E-state index contributed by atoms with van der Waals surface area (Å²) in [5, 5.41) is 14.0. The van der Waals surface area contributed by atoms with Crippen molar-refractivity contribution >= 4 is 17.9 Å². The molecule has 1 aliphatic rings. The second kappa shape index (κ2) is 7.65. The number of carboxylic acid groups (broad SMARTS) is 1. The molecule has 0 saturated carbocycles. The lowest BCUT2D eigenvalue weighted by atomic mass is 10.2. The average molecular weight is 289 g/mol. The van der Waals surface area contributed by atoms with Crippen LogP contribution in [-0.4, -0.2) is 80.5 Å². The standard InChI is InChI=1S/C11H19N3O6/c1-19-6-7(20-2)3-13-11(18)14-5-9(15)12-4-8(14)10(16)17/h7-8H,3-6H2,1-2H3,(H,12,15)(H,13,18)(H,16,17). The second-order valence-corrected chi connectivity index (χ2v) is 4.29. The number of hydrogen-bond acceptors (Lipinski definition) is 5. The number of piperazine rings is 1. The first kappa shape index (κ1) is 16.2. The van der Waals surface area contributed by atoms with Crippen molar-refractivity contribution in [2.45, 2.75) is 12.1 Å². The van der Waals surface area contributed by atoms with E-state index in [0.29, 0.717) is 6.61 Å². The molecule has 0 aromatic rings. The van der Waals surface area contributed by atoms with Crippen LogP contribution in [0.15, 0.2) is 0 Å². The summed E-state index contributed by atoms with van der Waals surface area (Å²) >= 11 is 0. The summed E-state index contributed by atoms with van der Waals surface area (Å²) in [4.78, 5) is 35.3. The van der Waals surface area contributed by atoms with Gasteiger partial charge in [-0.1, -0.05) is 0 Å². The van der Waals surface area contributed by atoms with Gasteiger partial charge >= 0.3 is 12.0 Å². The van der Waals surface area contributed by atoms with E-state index in [1.54, 1.807) is 0 Å². The fraction of sp³-hybridized carbons (Fsp3) is 0.727. The lowest BCUT2D eigenvalue weighted by Gasteiger charge is -2.33. The van der Waals surface area contributed by atoms with Gasteiger partial charge in [0.15, 0.2) is 0 Å². The second-order valence-electron chi connectivity index (χ2n) is 4.29. The van der Waals surface area contributed by atoms with E-state index in [1.165, 1.54) is 14.2 Å². The number of carboxylic acids is 1. The molecular formula is C11H19N3O6. The highest BCUT2D eigenvalue weighted by atomic mass is 16.5. The first-order chi connectivity index (χ1) is 9.49. The Balaban J connectivity index is 2.58. The van der Waals surface area contributed by atoms with E-state index in [2.05, 4.69) is 10.6 Å². The number of urea groups is 1. The number of carbonyl (C=O) groups excluding carboxylic acids is 2. The van der Waals surface area contributed by atoms with Crippen LogP contribution < -0.4 is 10.6 Å². The molecule has 2 unspecified atom stereocenters. The SMILES string of the molecule is COCC(CNC(=O)N1CC(=O)NCC1C(=O)O)OC. The Hall–Kier alpha value is -1.87. The molecule has 3 N–H and O–H groups in total. The van der Waals surface area contributed by atoms with Gasteiger partial charge < -0.3 is 25.2 Å². The van der Waals surface area contributed by atoms with E-state index in [4.69, 9.17) is 14.6 Å². The van der Waals surface area contributed by atoms with Crippen molar-refractivity contribution in [2.24, 2.45) is 0 Å². The lowest BCUT2D eigenvalue weighted by Crippen LogP contribution is -2.61. The van der Waals surface area contributed by atoms with Gasteiger partial charge in [-0.25, -0.2) is 9.59 Å². The number of methoxy groups -OCH3 is 2. The summed E-state index contributed by atoms with van der Waals surface area (Å²) in [6.45, 7) is 0.0609. The first-order valence-electron chi connectivity index (χ1n) is 6.05. The number of aliphatic carboxylic acids is 1. The summed E-state index contributed by atoms with van der Waals surface area (Å²) in [6, 6.07) is -1.69. The van der Waals surface area contributed by atoms with Crippen molar-refractivity contribution < 1.29 is 29.0 Å². The predicted molar refractivity (Wildman–Crippen MR) is 67.2 cm³/mol. The van der Waals surface area contributed by atoms with E-state index >= 15 is 0 Å². The van der Waals surface area contributed by atoms with Crippen LogP contribution in [0.1, 0.15) is 0 Å². The van der Waals surface area contributed by atoms with Gasteiger partial charge in [-0.2, -0.15) is 0 Å². The Kier molecular flexibility index (Phi) is 6.19. The molecule has 9 heteroatoms. The van der Waals surface area contributed by atoms with Crippen LogP contribution in [0.25, 0.3) is 0 Å². The van der Waals surface area contributed by atoms with Crippen molar-refractivity contribution in [3.05, 3.63) is 0 Å². The van der Waals surface area contributed by atoms with Crippen molar-refractivity contribution in [1.82, 2.24) is 15.5 Å². The van der Waals surface area contributed by atoms with E-state index in [-0.39, 0.29) is 25.7 Å². The third kappa shape index (κ3) is 4.35. The Labute approximate surface area is 116 Å². The molecule has 1 fully saturated rings. The fourth-order valence-corrected chi connectivity index (χ4v) is 1.77. The molecular weight excluding hydrogens is 270 g/mol. The lowest BCUT2D eigenvalue weighted by molar-refractivity contribution is -0.144. The van der Waals surface area contributed by atoms with Crippen LogP contribution in [0.2, 0.25) is 0 Å². The molecule has 0 bridgehead atoms. The first-order valence-corrected chi connectivity index (χ1v) is 6.05. The van der Waals surface area contributed by atoms with Crippen molar-refractivity contribution in [3.63, 3.8) is 0 Å². The van der Waals surface area contributed by atoms with Crippen LogP contribution in [0, 0.1) is 0 Å². The minimum absolute atomic E-state index is 0.104. The van der Waals surface area contributed by atoms with Gasteiger partial charge in [0.05, 0.1) is 12.7 Å². The number of rotatable bonds is 6. The van der Waals surface area contributed by atoms with Crippen LogP contribution in [0.5, 0.6) is 0 Å². The summed E-state index contributed by atoms with van der Waals surface area (Å²) in [5.74, 6) is -1.56. The molecule has 1 rings (SSSR count). The number of carbonyl (C=O) groups is 3. The van der Waals surface area contributed by atoms with Gasteiger partial charge in [0.1, 0.15) is 12.6 Å². The van der Waals surface area contributed by atoms with Gasteiger partial charge in [-0.3, -0.25) is 9.69 Å². The van der Waals surface area contributed by atoms with E-state index in [9.17, 15) is 14.4 Å². The topological polar surface area (TPSA) is 117 Å². The highest BCUT2D eigenvalue weighted by Crippen LogP contribution is 2.05. The number of nitrogens with zero attached hydrogens (tertiary/aromatic N) is 1. The van der Waals surface area contributed by atoms with Crippen LogP contribution >= 0.6 is 0 Å². The van der Waals surface area contributed by atoms with Crippen molar-refractivity contribution in [1.29, 1.82) is 0 Å². The number of ether oxygens (including phenoxy) is 2. The average Bonchev–Trinajstić information content (AvgIpc) is 2.42. The highest BCUT2D eigenvalue weighted by Gasteiger charge is 2.35. The molecule has 2 atom stereocenters. The molecule has 1 saturated heterocycles. The molecule has 0 aliphatic carbocycles. The van der Waals surface area contributed by atoms with Crippen LogP contribution in [-0.2, 0) is 19.1 Å². The van der Waals surface area contributed by atoms with Crippen molar-refractivity contribution in [2.75, 3.05) is 40.5 Å². The van der Waals surface area contributed by atoms with E-state index in [0.717, 1.165) is 4.90 Å². The van der Waals surface area contributed by atoms with Gasteiger partial charge in [-0.05, 0) is 0 Å². The fourth-order valence-electron chi connectivity index (χ4n) is 1.77. The molecule has 3 amide bonds. The minimum atomic E-state index is -1.17. The zero-order chi connectivity index (χ0) is 15.1. The molecule has 0 radical (unpaired) electrons. The van der Waals surface area contributed by atoms with Gasteiger partial charge in [0.2, 0.25) is 5.91 Å². The van der Waals surface area contributed by atoms with Crippen LogP contribution in [0.4, 0.5) is 4.79 Å². The summed E-state index contributed by atoms with van der Waals surface area (Å²) in [6.07, 6.45) is -0.342. The Morgan fingerprint density at radius 1 is 1.55 bits per heavy atom. The number of amides is 3. The molecule has 20 heavy (non-hydrogen) atoms. The Bertz CT molecular complexity index is 375. The third-order valence-corrected chi connectivity index (χ3v) is 2.90.